The number of rotatable bonds is 5. The van der Waals surface area contributed by atoms with Crippen molar-refractivity contribution in [1.29, 1.82) is 0 Å². The predicted molar refractivity (Wildman–Crippen MR) is 102 cm³/mol. The van der Waals surface area contributed by atoms with E-state index in [1.165, 1.54) is 12.2 Å². The first kappa shape index (κ1) is 16.3. The fourth-order valence-corrected chi connectivity index (χ4v) is 2.76. The van der Waals surface area contributed by atoms with Crippen LogP contribution in [-0.4, -0.2) is 19.2 Å². The lowest BCUT2D eigenvalue weighted by Gasteiger charge is -1.96. The summed E-state index contributed by atoms with van der Waals surface area (Å²) in [6, 6.07) is 0. The average molecular weight is 332 g/mol. The van der Waals surface area contributed by atoms with E-state index in [2.05, 4.69) is 29.9 Å². The van der Waals surface area contributed by atoms with Gasteiger partial charge >= 0.3 is 0 Å². The first-order valence-corrected chi connectivity index (χ1v) is 7.61. The van der Waals surface area contributed by atoms with E-state index in [9.17, 15) is 9.59 Å². The van der Waals surface area contributed by atoms with E-state index in [1.54, 1.807) is 30.4 Å². The fourth-order valence-electron chi connectivity index (χ4n) is 2.76. The Morgan fingerprint density at radius 1 is 0.840 bits per heavy atom. The largest absolute Gasteiger partial charge is 0.298 e. The van der Waals surface area contributed by atoms with Gasteiger partial charge in [0.25, 0.3) is 11.1 Å². The molecule has 0 amide bonds. The highest BCUT2D eigenvalue weighted by molar-refractivity contribution is 5.80. The van der Waals surface area contributed by atoms with Crippen molar-refractivity contribution in [3.05, 3.63) is 81.2 Å². The van der Waals surface area contributed by atoms with E-state index in [1.807, 2.05) is 6.92 Å². The molecular formula is C19H16N4O2. The van der Waals surface area contributed by atoms with Crippen molar-refractivity contribution in [1.82, 2.24) is 19.2 Å². The van der Waals surface area contributed by atoms with Gasteiger partial charge in [-0.2, -0.15) is 19.2 Å². The van der Waals surface area contributed by atoms with Crippen molar-refractivity contribution in [2.24, 2.45) is 0 Å². The minimum Gasteiger partial charge on any atom is -0.265 e. The molecule has 3 heterocycles. The van der Waals surface area contributed by atoms with Gasteiger partial charge in [-0.15, -0.1) is 0 Å². The Labute approximate surface area is 143 Å². The smallest absolute Gasteiger partial charge is 0.265 e. The zero-order valence-electron chi connectivity index (χ0n) is 13.8. The molecule has 3 rings (SSSR count). The molecule has 124 valence electrons. The molecule has 6 heteroatoms. The summed E-state index contributed by atoms with van der Waals surface area (Å²) in [5.74, 6) is 0. The van der Waals surface area contributed by atoms with Crippen LogP contribution < -0.4 is 11.1 Å². The molecule has 0 saturated carbocycles. The number of hydrogen-bond donors (Lipinski definition) is 0. The molecule has 0 aliphatic rings. The molecule has 0 unspecified atom stereocenters. The van der Waals surface area contributed by atoms with Gasteiger partial charge in [-0.05, 0) is 19.1 Å². The third kappa shape index (κ3) is 2.27. The minimum atomic E-state index is -0.433. The SMILES string of the molecule is C=C/C=C\c1c(C=C)nn2c(=O)c3c(/C=C\C)c(C=C)nn3c(=O)c12. The molecule has 0 saturated heterocycles. The van der Waals surface area contributed by atoms with Crippen molar-refractivity contribution in [3.8, 4) is 0 Å². The molecule has 0 N–H and O–H groups in total. The lowest BCUT2D eigenvalue weighted by Crippen LogP contribution is -2.27. The topological polar surface area (TPSA) is 68.7 Å². The van der Waals surface area contributed by atoms with Crippen LogP contribution in [0.4, 0.5) is 0 Å². The lowest BCUT2D eigenvalue weighted by molar-refractivity contribution is 0.848. The molecule has 25 heavy (non-hydrogen) atoms. The van der Waals surface area contributed by atoms with Gasteiger partial charge in [-0.3, -0.25) is 9.59 Å². The first-order valence-electron chi connectivity index (χ1n) is 7.61. The molecule has 6 nitrogen and oxygen atoms in total. The van der Waals surface area contributed by atoms with E-state index in [0.29, 0.717) is 22.5 Å². The van der Waals surface area contributed by atoms with Crippen molar-refractivity contribution in [2.75, 3.05) is 0 Å². The summed E-state index contributed by atoms with van der Waals surface area (Å²) in [5, 5.41) is 8.48. The van der Waals surface area contributed by atoms with Gasteiger partial charge in [-0.25, -0.2) is 0 Å². The second-order valence-corrected chi connectivity index (χ2v) is 5.23. The first-order chi connectivity index (χ1) is 12.1. The highest BCUT2D eigenvalue weighted by atomic mass is 16.2. The fraction of sp³-hybridized carbons (Fsp3) is 0.0526. The summed E-state index contributed by atoms with van der Waals surface area (Å²) >= 11 is 0. The van der Waals surface area contributed by atoms with Crippen LogP contribution in [0.5, 0.6) is 0 Å². The van der Waals surface area contributed by atoms with E-state index >= 15 is 0 Å². The van der Waals surface area contributed by atoms with Gasteiger partial charge in [0.1, 0.15) is 11.0 Å². The predicted octanol–water partition coefficient (Wildman–Crippen LogP) is 2.66. The molecule has 0 aliphatic carbocycles. The van der Waals surface area contributed by atoms with Crippen molar-refractivity contribution in [2.45, 2.75) is 6.92 Å². The average Bonchev–Trinajstić information content (AvgIpc) is 3.17. The highest BCUT2D eigenvalue weighted by Gasteiger charge is 2.21. The number of nitrogens with zero attached hydrogens (tertiary/aromatic N) is 4. The lowest BCUT2D eigenvalue weighted by atomic mass is 10.1. The third-order valence-electron chi connectivity index (χ3n) is 3.81. The Hall–Kier alpha value is -3.54. The molecule has 0 radical (unpaired) electrons. The number of allylic oxidation sites excluding steroid dienone is 3. The van der Waals surface area contributed by atoms with Crippen LogP contribution >= 0.6 is 0 Å². The second kappa shape index (κ2) is 6.16. The summed E-state index contributed by atoms with van der Waals surface area (Å²) in [6.07, 6.45) is 11.4. The van der Waals surface area contributed by atoms with Crippen LogP contribution in [0.2, 0.25) is 0 Å². The summed E-state index contributed by atoms with van der Waals surface area (Å²) in [5.41, 5.74) is 1.41. The van der Waals surface area contributed by atoms with Gasteiger partial charge in [0.2, 0.25) is 0 Å². The van der Waals surface area contributed by atoms with Crippen LogP contribution in [-0.2, 0) is 0 Å². The summed E-state index contributed by atoms with van der Waals surface area (Å²) in [7, 11) is 0. The maximum absolute atomic E-state index is 13.0. The van der Waals surface area contributed by atoms with E-state index < -0.39 is 11.1 Å². The van der Waals surface area contributed by atoms with Crippen molar-refractivity contribution < 1.29 is 0 Å². The molecule has 0 atom stereocenters. The molecule has 0 fully saturated rings. The normalized spacial score (nSPS) is 11.9. The van der Waals surface area contributed by atoms with Crippen LogP contribution in [0.3, 0.4) is 0 Å². The quantitative estimate of drug-likeness (QED) is 0.674. The van der Waals surface area contributed by atoms with Crippen LogP contribution in [0.1, 0.15) is 29.4 Å². The number of hydrogen-bond acceptors (Lipinski definition) is 4. The summed E-state index contributed by atoms with van der Waals surface area (Å²) in [6.45, 7) is 12.8. The maximum Gasteiger partial charge on any atom is 0.298 e. The minimum absolute atomic E-state index is 0.149. The monoisotopic (exact) mass is 332 g/mol. The molecule has 3 aromatic rings. The van der Waals surface area contributed by atoms with Crippen molar-refractivity contribution in [3.63, 3.8) is 0 Å². The maximum atomic E-state index is 13.0. The molecule has 0 aromatic carbocycles. The Kier molecular flexibility index (Phi) is 4.02. The zero-order valence-corrected chi connectivity index (χ0v) is 13.8. The van der Waals surface area contributed by atoms with E-state index in [0.717, 1.165) is 9.03 Å². The Morgan fingerprint density at radius 2 is 1.32 bits per heavy atom. The highest BCUT2D eigenvalue weighted by Crippen LogP contribution is 2.19. The Balaban J connectivity index is 2.62. The number of fused-ring (bicyclic) bond motifs is 2. The third-order valence-corrected chi connectivity index (χ3v) is 3.81. The zero-order chi connectivity index (χ0) is 18.1. The van der Waals surface area contributed by atoms with Gasteiger partial charge in [0, 0.05) is 11.1 Å². The summed E-state index contributed by atoms with van der Waals surface area (Å²) in [4.78, 5) is 26.0. The molecule has 0 aliphatic heterocycles. The van der Waals surface area contributed by atoms with Crippen LogP contribution in [0.25, 0.3) is 35.3 Å². The Bertz CT molecular complexity index is 1190. The Morgan fingerprint density at radius 3 is 1.72 bits per heavy atom. The van der Waals surface area contributed by atoms with Gasteiger partial charge < -0.3 is 0 Å². The van der Waals surface area contributed by atoms with Gasteiger partial charge in [-0.1, -0.05) is 50.1 Å². The van der Waals surface area contributed by atoms with Crippen LogP contribution in [0.15, 0.2) is 47.6 Å². The number of aromatic nitrogens is 4. The van der Waals surface area contributed by atoms with E-state index in [-0.39, 0.29) is 11.0 Å². The summed E-state index contributed by atoms with van der Waals surface area (Å²) < 4.78 is 2.23. The van der Waals surface area contributed by atoms with Gasteiger partial charge in [0.05, 0.1) is 11.4 Å². The van der Waals surface area contributed by atoms with Crippen molar-refractivity contribution >= 4 is 35.3 Å². The molecule has 0 bridgehead atoms. The molecule has 0 spiro atoms. The second-order valence-electron chi connectivity index (χ2n) is 5.23. The van der Waals surface area contributed by atoms with Gasteiger partial charge in [0.15, 0.2) is 0 Å². The standard InChI is InChI=1S/C19H16N4O2/c1-5-9-11-13-15(8-4)21-23-17(13)19(25)22-16(18(23)24)12(10-6-2)14(7-3)20-22/h5-11H,1,3-4H2,2H3/b10-6-,11-9-. The van der Waals surface area contributed by atoms with E-state index in [4.69, 9.17) is 0 Å². The van der Waals surface area contributed by atoms with Crippen LogP contribution in [0, 0.1) is 0 Å². The molecule has 3 aromatic heterocycles. The molecular weight excluding hydrogens is 316 g/mol.